The molecule has 0 aromatic heterocycles. The number of alkyl halides is 3. The Kier molecular flexibility index (Phi) is 5.61. The van der Waals surface area contributed by atoms with Crippen LogP contribution in [0.25, 0.3) is 0 Å². The molecule has 0 spiro atoms. The first-order chi connectivity index (χ1) is 7.39. The highest BCUT2D eigenvalue weighted by molar-refractivity contribution is 6.68. The molecule has 16 heavy (non-hydrogen) atoms. The van der Waals surface area contributed by atoms with Gasteiger partial charge in [-0.1, -0.05) is 34.8 Å². The van der Waals surface area contributed by atoms with Crippen molar-refractivity contribution in [1.29, 1.82) is 0 Å². The molecule has 2 atom stereocenters. The Labute approximate surface area is 110 Å². The molecule has 1 heterocycles. The molecule has 7 heteroatoms. The Morgan fingerprint density at radius 3 is 2.69 bits per heavy atom. The number of carbonyl (C=O) groups is 1. The van der Waals surface area contributed by atoms with Gasteiger partial charge in [-0.2, -0.15) is 0 Å². The maximum atomic E-state index is 10.9. The quantitative estimate of drug-likeness (QED) is 0.610. The van der Waals surface area contributed by atoms with Gasteiger partial charge < -0.3 is 10.1 Å². The van der Waals surface area contributed by atoms with Crippen molar-refractivity contribution >= 4 is 40.7 Å². The summed E-state index contributed by atoms with van der Waals surface area (Å²) in [6.45, 7) is 2.70. The van der Waals surface area contributed by atoms with Crippen molar-refractivity contribution in [2.24, 2.45) is 0 Å². The molecule has 1 fully saturated rings. The third-order valence-electron chi connectivity index (χ3n) is 2.25. The molecule has 0 aromatic carbocycles. The number of ether oxygens (including phenoxy) is 1. The number of nitrogens with one attached hydrogen (secondary N) is 2. The topological polar surface area (TPSA) is 50.4 Å². The molecule has 0 unspecified atom stereocenters. The summed E-state index contributed by atoms with van der Waals surface area (Å²) < 4.78 is 3.84. The largest absolute Gasteiger partial charge is 0.377 e. The molecular formula is C9H15Cl3N2O2. The van der Waals surface area contributed by atoms with Gasteiger partial charge in [-0.3, -0.25) is 10.1 Å². The zero-order valence-electron chi connectivity index (χ0n) is 8.93. The highest BCUT2D eigenvalue weighted by atomic mass is 35.6. The van der Waals surface area contributed by atoms with Gasteiger partial charge in [0.2, 0.25) is 9.70 Å². The molecule has 94 valence electrons. The maximum absolute atomic E-state index is 10.9. The fraction of sp³-hybridized carbons (Fsp3) is 0.889. The van der Waals surface area contributed by atoms with E-state index in [1.807, 2.05) is 0 Å². The van der Waals surface area contributed by atoms with Crippen LogP contribution >= 0.6 is 34.8 Å². The van der Waals surface area contributed by atoms with Crippen LogP contribution in [0.15, 0.2) is 0 Å². The molecule has 1 aliphatic rings. The van der Waals surface area contributed by atoms with E-state index in [1.165, 1.54) is 6.92 Å². The number of hydrogen-bond acceptors (Lipinski definition) is 3. The summed E-state index contributed by atoms with van der Waals surface area (Å²) in [6, 6.07) is 0. The fourth-order valence-electron chi connectivity index (χ4n) is 1.51. The smallest absolute Gasteiger partial charge is 0.223 e. The zero-order chi connectivity index (χ0) is 12.2. The Morgan fingerprint density at radius 2 is 2.25 bits per heavy atom. The molecule has 0 radical (unpaired) electrons. The molecule has 1 amide bonds. The summed E-state index contributed by atoms with van der Waals surface area (Å²) in [5.41, 5.74) is 0. The summed E-state index contributed by atoms with van der Waals surface area (Å²) in [7, 11) is 0. The number of carbonyl (C=O) groups excluding carboxylic acids is 1. The van der Waals surface area contributed by atoms with Crippen molar-refractivity contribution in [3.8, 4) is 0 Å². The van der Waals surface area contributed by atoms with Crippen molar-refractivity contribution in [2.45, 2.75) is 35.8 Å². The summed E-state index contributed by atoms with van der Waals surface area (Å²) in [5, 5.41) is 5.52. The van der Waals surface area contributed by atoms with Gasteiger partial charge in [0.1, 0.15) is 6.17 Å². The average Bonchev–Trinajstić information content (AvgIpc) is 2.62. The van der Waals surface area contributed by atoms with Gasteiger partial charge in [0.15, 0.2) is 0 Å². The van der Waals surface area contributed by atoms with Gasteiger partial charge in [-0.25, -0.2) is 0 Å². The van der Waals surface area contributed by atoms with Crippen LogP contribution in [0.2, 0.25) is 0 Å². The summed E-state index contributed by atoms with van der Waals surface area (Å²) in [6.07, 6.45) is 1.45. The molecule has 4 nitrogen and oxygen atoms in total. The molecule has 1 saturated heterocycles. The van der Waals surface area contributed by atoms with Gasteiger partial charge in [0, 0.05) is 20.1 Å². The van der Waals surface area contributed by atoms with Crippen molar-refractivity contribution in [2.75, 3.05) is 13.2 Å². The van der Waals surface area contributed by atoms with Crippen LogP contribution in [0.5, 0.6) is 0 Å². The van der Waals surface area contributed by atoms with E-state index in [0.717, 1.165) is 19.4 Å². The third-order valence-corrected chi connectivity index (χ3v) is 2.90. The van der Waals surface area contributed by atoms with Crippen LogP contribution in [0.4, 0.5) is 0 Å². The van der Waals surface area contributed by atoms with Crippen molar-refractivity contribution < 1.29 is 9.53 Å². The SMILES string of the molecule is CC(=O)N[C@H](NC[C@H]1CCCO1)C(Cl)(Cl)Cl. The lowest BCUT2D eigenvalue weighted by Gasteiger charge is -2.27. The van der Waals surface area contributed by atoms with Crippen LogP contribution in [0.3, 0.4) is 0 Å². The van der Waals surface area contributed by atoms with Gasteiger partial charge in [0.25, 0.3) is 0 Å². The summed E-state index contributed by atoms with van der Waals surface area (Å²) >= 11 is 17.2. The van der Waals surface area contributed by atoms with E-state index in [1.54, 1.807) is 0 Å². The van der Waals surface area contributed by atoms with Gasteiger partial charge in [0.05, 0.1) is 6.10 Å². The van der Waals surface area contributed by atoms with Crippen molar-refractivity contribution in [3.05, 3.63) is 0 Å². The van der Waals surface area contributed by atoms with Crippen molar-refractivity contribution in [3.63, 3.8) is 0 Å². The molecule has 1 rings (SSSR count). The van der Waals surface area contributed by atoms with Crippen LogP contribution in [-0.4, -0.2) is 35.1 Å². The predicted molar refractivity (Wildman–Crippen MR) is 64.9 cm³/mol. The van der Waals surface area contributed by atoms with E-state index >= 15 is 0 Å². The first-order valence-corrected chi connectivity index (χ1v) is 6.22. The number of hydrogen-bond donors (Lipinski definition) is 2. The van der Waals surface area contributed by atoms with E-state index in [4.69, 9.17) is 39.5 Å². The molecule has 2 N–H and O–H groups in total. The monoisotopic (exact) mass is 288 g/mol. The molecule has 1 aliphatic heterocycles. The Bertz CT molecular complexity index is 239. The number of halogens is 3. The Morgan fingerprint density at radius 1 is 1.56 bits per heavy atom. The molecule has 0 bridgehead atoms. The molecule has 0 aromatic rings. The second kappa shape index (κ2) is 6.26. The minimum Gasteiger partial charge on any atom is -0.377 e. The lowest BCUT2D eigenvalue weighted by molar-refractivity contribution is -0.119. The number of rotatable bonds is 4. The standard InChI is InChI=1S/C9H15Cl3N2O2/c1-6(15)14-8(9(10,11)12)13-5-7-3-2-4-16-7/h7-8,13H,2-5H2,1H3,(H,14,15)/t7-,8+/m1/s1. The van der Waals surface area contributed by atoms with Gasteiger partial charge in [-0.05, 0) is 12.8 Å². The lowest BCUT2D eigenvalue weighted by Crippen LogP contribution is -2.54. The summed E-state index contributed by atoms with van der Waals surface area (Å²) in [4.78, 5) is 10.9. The van der Waals surface area contributed by atoms with E-state index in [9.17, 15) is 4.79 Å². The molecule has 0 aliphatic carbocycles. The zero-order valence-corrected chi connectivity index (χ0v) is 11.2. The van der Waals surface area contributed by atoms with Crippen LogP contribution < -0.4 is 10.6 Å². The van der Waals surface area contributed by atoms with E-state index in [2.05, 4.69) is 10.6 Å². The molecule has 0 saturated carbocycles. The fourth-order valence-corrected chi connectivity index (χ4v) is 1.90. The summed E-state index contributed by atoms with van der Waals surface area (Å²) in [5.74, 6) is -0.254. The Balaban J connectivity index is 2.40. The highest BCUT2D eigenvalue weighted by Crippen LogP contribution is 2.29. The third kappa shape index (κ3) is 5.06. The van der Waals surface area contributed by atoms with E-state index < -0.39 is 9.96 Å². The average molecular weight is 290 g/mol. The number of amides is 1. The lowest BCUT2D eigenvalue weighted by atomic mass is 10.2. The predicted octanol–water partition coefficient (Wildman–Crippen LogP) is 1.59. The first-order valence-electron chi connectivity index (χ1n) is 5.08. The van der Waals surface area contributed by atoms with Crippen LogP contribution in [-0.2, 0) is 9.53 Å². The maximum Gasteiger partial charge on any atom is 0.223 e. The van der Waals surface area contributed by atoms with E-state index in [-0.39, 0.29) is 12.0 Å². The normalized spacial score (nSPS) is 23.1. The van der Waals surface area contributed by atoms with Crippen LogP contribution in [0, 0.1) is 0 Å². The minimum atomic E-state index is -1.58. The van der Waals surface area contributed by atoms with Crippen LogP contribution in [0.1, 0.15) is 19.8 Å². The molecular weight excluding hydrogens is 274 g/mol. The second-order valence-electron chi connectivity index (χ2n) is 3.72. The first kappa shape index (κ1) is 14.3. The van der Waals surface area contributed by atoms with Gasteiger partial charge >= 0.3 is 0 Å². The van der Waals surface area contributed by atoms with Crippen molar-refractivity contribution in [1.82, 2.24) is 10.6 Å². The second-order valence-corrected chi connectivity index (χ2v) is 6.09. The Hall–Kier alpha value is 0.260. The minimum absolute atomic E-state index is 0.128. The van der Waals surface area contributed by atoms with Gasteiger partial charge in [-0.15, -0.1) is 0 Å². The van der Waals surface area contributed by atoms with E-state index in [0.29, 0.717) is 6.54 Å². The highest BCUT2D eigenvalue weighted by Gasteiger charge is 2.33.